The lowest BCUT2D eigenvalue weighted by molar-refractivity contribution is -0.127. The van der Waals surface area contributed by atoms with Gasteiger partial charge in [0.25, 0.3) is 0 Å². The lowest BCUT2D eigenvalue weighted by Crippen LogP contribution is -2.26. The molecule has 2 N–H and O–H groups in total. The molecule has 2 rings (SSSR count). The lowest BCUT2D eigenvalue weighted by Gasteiger charge is -2.22. The molecule has 1 saturated heterocycles. The quantitative estimate of drug-likeness (QED) is 0.742. The summed E-state index contributed by atoms with van der Waals surface area (Å²) in [6.45, 7) is 4.69. The molecule has 0 radical (unpaired) electrons. The van der Waals surface area contributed by atoms with E-state index in [1.165, 1.54) is 12.8 Å². The number of carbonyl (C=O) groups excluding carboxylic acids is 1. The van der Waals surface area contributed by atoms with E-state index in [4.69, 9.17) is 5.73 Å². The minimum Gasteiger partial charge on any atom is -0.343 e. The van der Waals surface area contributed by atoms with Crippen LogP contribution >= 0.6 is 0 Å². The Labute approximate surface area is 92.0 Å². The van der Waals surface area contributed by atoms with Crippen molar-refractivity contribution in [1.82, 2.24) is 4.90 Å². The fraction of sp³-hybridized carbons (Fsp3) is 0.917. The van der Waals surface area contributed by atoms with Crippen LogP contribution in [0.15, 0.2) is 0 Å². The molecule has 1 amide bonds. The molecule has 3 heteroatoms. The third-order valence-corrected chi connectivity index (χ3v) is 3.96. The average molecular weight is 210 g/mol. The Hall–Kier alpha value is -0.570. The van der Waals surface area contributed by atoms with Crippen LogP contribution in [0, 0.1) is 17.8 Å². The maximum absolute atomic E-state index is 11.7. The molecule has 1 saturated carbocycles. The van der Waals surface area contributed by atoms with E-state index in [9.17, 15) is 4.79 Å². The van der Waals surface area contributed by atoms with E-state index < -0.39 is 0 Å². The van der Waals surface area contributed by atoms with Crippen LogP contribution in [-0.4, -0.2) is 30.4 Å². The van der Waals surface area contributed by atoms with Gasteiger partial charge in [-0.1, -0.05) is 0 Å². The number of amides is 1. The van der Waals surface area contributed by atoms with Gasteiger partial charge in [-0.05, 0) is 50.5 Å². The third kappa shape index (κ3) is 2.33. The van der Waals surface area contributed by atoms with Crippen LogP contribution in [0.5, 0.6) is 0 Å². The predicted octanol–water partition coefficient (Wildman–Crippen LogP) is 1.23. The zero-order valence-electron chi connectivity index (χ0n) is 9.61. The van der Waals surface area contributed by atoms with Crippen molar-refractivity contribution in [2.45, 2.75) is 32.6 Å². The Morgan fingerprint density at radius 2 is 2.20 bits per heavy atom. The van der Waals surface area contributed by atoms with Gasteiger partial charge >= 0.3 is 0 Å². The minimum absolute atomic E-state index is 0.352. The Morgan fingerprint density at radius 1 is 1.47 bits per heavy atom. The third-order valence-electron chi connectivity index (χ3n) is 3.96. The van der Waals surface area contributed by atoms with Gasteiger partial charge in [-0.3, -0.25) is 4.79 Å². The van der Waals surface area contributed by atoms with Gasteiger partial charge in [0.15, 0.2) is 0 Å². The van der Waals surface area contributed by atoms with Crippen LogP contribution in [0.2, 0.25) is 0 Å². The van der Waals surface area contributed by atoms with Crippen LogP contribution in [0.1, 0.15) is 32.6 Å². The summed E-state index contributed by atoms with van der Waals surface area (Å²) in [5, 5.41) is 0. The van der Waals surface area contributed by atoms with Gasteiger partial charge in [0.05, 0.1) is 0 Å². The Morgan fingerprint density at radius 3 is 2.67 bits per heavy atom. The van der Waals surface area contributed by atoms with Gasteiger partial charge in [0, 0.05) is 19.5 Å². The van der Waals surface area contributed by atoms with Gasteiger partial charge in [0.1, 0.15) is 0 Å². The first kappa shape index (κ1) is 10.9. The number of hydrogen-bond acceptors (Lipinski definition) is 2. The van der Waals surface area contributed by atoms with Crippen molar-refractivity contribution < 1.29 is 4.79 Å². The minimum atomic E-state index is 0.352. The molecule has 3 nitrogen and oxygen atoms in total. The maximum Gasteiger partial charge on any atom is 0.222 e. The van der Waals surface area contributed by atoms with E-state index in [1.807, 2.05) is 4.90 Å². The van der Waals surface area contributed by atoms with Crippen LogP contribution in [0.4, 0.5) is 0 Å². The lowest BCUT2D eigenvalue weighted by atomic mass is 9.85. The molecule has 1 aliphatic heterocycles. The van der Waals surface area contributed by atoms with E-state index in [2.05, 4.69) is 6.92 Å². The second kappa shape index (κ2) is 4.52. The average Bonchev–Trinajstić information content (AvgIpc) is 2.99. The molecule has 0 aromatic carbocycles. The van der Waals surface area contributed by atoms with E-state index in [-0.39, 0.29) is 0 Å². The largest absolute Gasteiger partial charge is 0.343 e. The van der Waals surface area contributed by atoms with Crippen molar-refractivity contribution in [3.63, 3.8) is 0 Å². The highest BCUT2D eigenvalue weighted by Gasteiger charge is 2.40. The number of nitrogens with zero attached hydrogens (tertiary/aromatic N) is 1. The summed E-state index contributed by atoms with van der Waals surface area (Å²) in [5.74, 6) is 2.54. The molecule has 2 atom stereocenters. The highest BCUT2D eigenvalue weighted by Crippen LogP contribution is 2.44. The van der Waals surface area contributed by atoms with Crippen molar-refractivity contribution in [3.05, 3.63) is 0 Å². The number of likely N-dealkylation sites (tertiary alicyclic amines) is 1. The van der Waals surface area contributed by atoms with Gasteiger partial charge in [0.2, 0.25) is 5.91 Å². The molecular weight excluding hydrogens is 188 g/mol. The van der Waals surface area contributed by atoms with Crippen LogP contribution in [0.3, 0.4) is 0 Å². The molecule has 15 heavy (non-hydrogen) atoms. The first-order valence-corrected chi connectivity index (χ1v) is 6.24. The summed E-state index contributed by atoms with van der Waals surface area (Å²) >= 11 is 0. The standard InChI is InChI=1S/C12H22N2O/c1-2-14-8-10(7-12(14)15)11(5-6-13)9-3-4-9/h9-11H,2-8,13H2,1H3. The summed E-state index contributed by atoms with van der Waals surface area (Å²) in [6, 6.07) is 0. The van der Waals surface area contributed by atoms with Crippen molar-refractivity contribution >= 4 is 5.91 Å². The summed E-state index contributed by atoms with van der Waals surface area (Å²) in [6.07, 6.45) is 4.61. The van der Waals surface area contributed by atoms with Crippen molar-refractivity contribution in [2.24, 2.45) is 23.5 Å². The summed E-state index contributed by atoms with van der Waals surface area (Å²) in [7, 11) is 0. The van der Waals surface area contributed by atoms with Crippen LogP contribution in [-0.2, 0) is 4.79 Å². The SMILES string of the molecule is CCN1CC(C(CCN)C2CC2)CC1=O. The summed E-state index contributed by atoms with van der Waals surface area (Å²) in [5.41, 5.74) is 5.67. The molecule has 2 fully saturated rings. The normalized spacial score (nSPS) is 28.5. The fourth-order valence-electron chi connectivity index (χ4n) is 2.97. The topological polar surface area (TPSA) is 46.3 Å². The van der Waals surface area contributed by atoms with Gasteiger partial charge in [-0.2, -0.15) is 0 Å². The Balaban J connectivity index is 1.94. The van der Waals surface area contributed by atoms with Gasteiger partial charge in [-0.25, -0.2) is 0 Å². The maximum atomic E-state index is 11.7. The second-order valence-corrected chi connectivity index (χ2v) is 4.98. The van der Waals surface area contributed by atoms with Gasteiger partial charge < -0.3 is 10.6 Å². The monoisotopic (exact) mass is 210 g/mol. The van der Waals surface area contributed by atoms with E-state index in [0.29, 0.717) is 11.8 Å². The first-order chi connectivity index (χ1) is 7.26. The van der Waals surface area contributed by atoms with E-state index in [1.54, 1.807) is 0 Å². The smallest absolute Gasteiger partial charge is 0.222 e. The number of hydrogen-bond donors (Lipinski definition) is 1. The molecule has 2 unspecified atom stereocenters. The Bertz CT molecular complexity index is 238. The molecule has 1 aliphatic carbocycles. The van der Waals surface area contributed by atoms with E-state index >= 15 is 0 Å². The summed E-state index contributed by atoms with van der Waals surface area (Å²) in [4.78, 5) is 13.7. The molecule has 0 spiro atoms. The van der Waals surface area contributed by atoms with Crippen LogP contribution in [0.25, 0.3) is 0 Å². The van der Waals surface area contributed by atoms with Crippen molar-refractivity contribution in [3.8, 4) is 0 Å². The van der Waals surface area contributed by atoms with Crippen LogP contribution < -0.4 is 5.73 Å². The number of rotatable bonds is 5. The zero-order valence-corrected chi connectivity index (χ0v) is 9.61. The molecule has 0 aromatic rings. The molecule has 86 valence electrons. The van der Waals surface area contributed by atoms with Crippen molar-refractivity contribution in [2.75, 3.05) is 19.6 Å². The number of carbonyl (C=O) groups is 1. The molecule has 2 aliphatic rings. The Kier molecular flexibility index (Phi) is 3.29. The molecule has 0 aromatic heterocycles. The highest BCUT2D eigenvalue weighted by atomic mass is 16.2. The number of nitrogens with two attached hydrogens (primary N) is 1. The first-order valence-electron chi connectivity index (χ1n) is 6.24. The molecular formula is C12H22N2O. The van der Waals surface area contributed by atoms with Crippen molar-refractivity contribution in [1.29, 1.82) is 0 Å². The predicted molar refractivity (Wildman–Crippen MR) is 60.2 cm³/mol. The van der Waals surface area contributed by atoms with E-state index in [0.717, 1.165) is 44.3 Å². The van der Waals surface area contributed by atoms with Gasteiger partial charge in [-0.15, -0.1) is 0 Å². The second-order valence-electron chi connectivity index (χ2n) is 4.98. The molecule has 1 heterocycles. The fourth-order valence-corrected chi connectivity index (χ4v) is 2.97. The highest BCUT2D eigenvalue weighted by molar-refractivity contribution is 5.78. The molecule has 0 bridgehead atoms. The summed E-state index contributed by atoms with van der Waals surface area (Å²) < 4.78 is 0. The zero-order chi connectivity index (χ0) is 10.8.